The molecule has 0 aliphatic carbocycles. The molecule has 0 bridgehead atoms. The molecule has 1 saturated heterocycles. The van der Waals surface area contributed by atoms with E-state index in [0.717, 1.165) is 6.42 Å². The van der Waals surface area contributed by atoms with E-state index >= 15 is 0 Å². The average molecular weight is 224 g/mol. The molecule has 0 saturated carbocycles. The van der Waals surface area contributed by atoms with Crippen molar-refractivity contribution in [1.82, 2.24) is 4.90 Å². The summed E-state index contributed by atoms with van der Waals surface area (Å²) in [7, 11) is 0. The van der Waals surface area contributed by atoms with Gasteiger partial charge in [0.25, 0.3) is 0 Å². The molecule has 1 rings (SSSR count). The summed E-state index contributed by atoms with van der Waals surface area (Å²) in [6.07, 6.45) is 1.64. The molecule has 0 aromatic rings. The van der Waals surface area contributed by atoms with Gasteiger partial charge in [-0.15, -0.1) is 0 Å². The molecule has 4 heteroatoms. The number of nitriles is 1. The van der Waals surface area contributed by atoms with Gasteiger partial charge in [-0.3, -0.25) is 4.79 Å². The van der Waals surface area contributed by atoms with Gasteiger partial charge < -0.3 is 9.64 Å². The maximum Gasteiger partial charge on any atom is 0.240 e. The van der Waals surface area contributed by atoms with Crippen LogP contribution in [0, 0.1) is 17.2 Å². The Morgan fingerprint density at radius 2 is 2.06 bits per heavy atom. The number of ether oxygens (including phenoxy) is 1. The SMILES string of the molecule is CCCC(C#N)C(=O)N1C[C@@H](C)O[C@@H](C)C1. The average Bonchev–Trinajstić information content (AvgIpc) is 2.23. The van der Waals surface area contributed by atoms with Crippen LogP contribution < -0.4 is 0 Å². The van der Waals surface area contributed by atoms with Gasteiger partial charge in [0, 0.05) is 13.1 Å². The molecule has 1 unspecified atom stereocenters. The van der Waals surface area contributed by atoms with Crippen LogP contribution in [-0.4, -0.2) is 36.1 Å². The number of rotatable bonds is 3. The van der Waals surface area contributed by atoms with E-state index in [4.69, 9.17) is 10.00 Å². The monoisotopic (exact) mass is 224 g/mol. The molecule has 3 atom stereocenters. The maximum atomic E-state index is 12.1. The first-order valence-electron chi connectivity index (χ1n) is 5.92. The van der Waals surface area contributed by atoms with Crippen LogP contribution in [0.25, 0.3) is 0 Å². The highest BCUT2D eigenvalue weighted by Crippen LogP contribution is 2.16. The highest BCUT2D eigenvalue weighted by Gasteiger charge is 2.29. The van der Waals surface area contributed by atoms with Gasteiger partial charge >= 0.3 is 0 Å². The second-order valence-electron chi connectivity index (χ2n) is 4.47. The van der Waals surface area contributed by atoms with Gasteiger partial charge in [0.15, 0.2) is 0 Å². The van der Waals surface area contributed by atoms with E-state index in [1.54, 1.807) is 4.90 Å². The number of hydrogen-bond acceptors (Lipinski definition) is 3. The second kappa shape index (κ2) is 5.86. The second-order valence-corrected chi connectivity index (χ2v) is 4.47. The van der Waals surface area contributed by atoms with E-state index in [1.807, 2.05) is 20.8 Å². The number of amides is 1. The predicted molar refractivity (Wildman–Crippen MR) is 60.6 cm³/mol. The third kappa shape index (κ3) is 3.21. The predicted octanol–water partition coefficient (Wildman–Crippen LogP) is 1.56. The first-order chi connectivity index (χ1) is 7.58. The summed E-state index contributed by atoms with van der Waals surface area (Å²) >= 11 is 0. The number of hydrogen-bond donors (Lipinski definition) is 0. The summed E-state index contributed by atoms with van der Waals surface area (Å²) in [6.45, 7) is 7.10. The van der Waals surface area contributed by atoms with E-state index in [2.05, 4.69) is 6.07 Å². The van der Waals surface area contributed by atoms with Crippen molar-refractivity contribution < 1.29 is 9.53 Å². The highest BCUT2D eigenvalue weighted by atomic mass is 16.5. The summed E-state index contributed by atoms with van der Waals surface area (Å²) < 4.78 is 5.56. The van der Waals surface area contributed by atoms with Crippen molar-refractivity contribution in [3.05, 3.63) is 0 Å². The van der Waals surface area contributed by atoms with Crippen LogP contribution in [0.1, 0.15) is 33.6 Å². The normalized spacial score (nSPS) is 27.2. The van der Waals surface area contributed by atoms with Crippen molar-refractivity contribution in [2.75, 3.05) is 13.1 Å². The third-order valence-electron chi connectivity index (χ3n) is 2.76. The van der Waals surface area contributed by atoms with Gasteiger partial charge in [-0.05, 0) is 20.3 Å². The standard InChI is InChI=1S/C12H20N2O2/c1-4-5-11(6-13)12(15)14-7-9(2)16-10(3)8-14/h9-11H,4-5,7-8H2,1-3H3/t9-,10+,11?. The summed E-state index contributed by atoms with van der Waals surface area (Å²) in [4.78, 5) is 13.8. The first-order valence-corrected chi connectivity index (χ1v) is 5.92. The van der Waals surface area contributed by atoms with E-state index < -0.39 is 5.92 Å². The fraction of sp³-hybridized carbons (Fsp3) is 0.833. The molecular weight excluding hydrogens is 204 g/mol. The Morgan fingerprint density at radius 3 is 2.50 bits per heavy atom. The van der Waals surface area contributed by atoms with Gasteiger partial charge in [0.2, 0.25) is 5.91 Å². The molecule has 1 aliphatic heterocycles. The molecule has 0 spiro atoms. The molecular formula is C12H20N2O2. The van der Waals surface area contributed by atoms with Crippen LogP contribution in [0.2, 0.25) is 0 Å². The minimum absolute atomic E-state index is 0.0358. The molecule has 16 heavy (non-hydrogen) atoms. The van der Waals surface area contributed by atoms with E-state index in [9.17, 15) is 4.79 Å². The van der Waals surface area contributed by atoms with Crippen molar-refractivity contribution in [3.8, 4) is 6.07 Å². The Hall–Kier alpha value is -1.08. The third-order valence-corrected chi connectivity index (χ3v) is 2.76. The zero-order valence-corrected chi connectivity index (χ0v) is 10.3. The Morgan fingerprint density at radius 1 is 1.50 bits per heavy atom. The minimum atomic E-state index is -0.484. The quantitative estimate of drug-likeness (QED) is 0.731. The molecule has 0 N–H and O–H groups in total. The molecule has 1 amide bonds. The summed E-state index contributed by atoms with van der Waals surface area (Å²) in [5.41, 5.74) is 0. The smallest absolute Gasteiger partial charge is 0.240 e. The first kappa shape index (κ1) is 13.0. The lowest BCUT2D eigenvalue weighted by Gasteiger charge is -2.36. The van der Waals surface area contributed by atoms with Crippen LogP contribution in [0.15, 0.2) is 0 Å². The maximum absolute atomic E-state index is 12.1. The fourth-order valence-corrected chi connectivity index (χ4v) is 2.11. The molecule has 90 valence electrons. The van der Waals surface area contributed by atoms with Crippen LogP contribution in [-0.2, 0) is 9.53 Å². The van der Waals surface area contributed by atoms with Gasteiger partial charge in [0.1, 0.15) is 5.92 Å². The molecule has 0 aromatic heterocycles. The highest BCUT2D eigenvalue weighted by molar-refractivity contribution is 5.81. The van der Waals surface area contributed by atoms with Gasteiger partial charge in [0.05, 0.1) is 18.3 Å². The van der Waals surface area contributed by atoms with Crippen LogP contribution >= 0.6 is 0 Å². The fourth-order valence-electron chi connectivity index (χ4n) is 2.11. The van der Waals surface area contributed by atoms with E-state index in [-0.39, 0.29) is 18.1 Å². The Bertz CT molecular complexity index is 275. The summed E-state index contributed by atoms with van der Waals surface area (Å²) in [5, 5.41) is 8.96. The lowest BCUT2D eigenvalue weighted by molar-refractivity contribution is -0.145. The molecule has 4 nitrogen and oxygen atoms in total. The molecule has 1 fully saturated rings. The Labute approximate surface area is 97.2 Å². The largest absolute Gasteiger partial charge is 0.372 e. The van der Waals surface area contributed by atoms with Crippen LogP contribution in [0.4, 0.5) is 0 Å². The summed E-state index contributed by atoms with van der Waals surface area (Å²) in [6, 6.07) is 2.10. The number of morpholine rings is 1. The zero-order chi connectivity index (χ0) is 12.1. The summed E-state index contributed by atoms with van der Waals surface area (Å²) in [5.74, 6) is -0.520. The molecule has 0 radical (unpaired) electrons. The number of carbonyl (C=O) groups excluding carboxylic acids is 1. The zero-order valence-electron chi connectivity index (χ0n) is 10.3. The van der Waals surface area contributed by atoms with Gasteiger partial charge in [-0.2, -0.15) is 5.26 Å². The Balaban J connectivity index is 2.62. The molecule has 1 heterocycles. The Kier molecular flexibility index (Phi) is 4.75. The van der Waals surface area contributed by atoms with Crippen molar-refractivity contribution in [1.29, 1.82) is 5.26 Å². The van der Waals surface area contributed by atoms with Gasteiger partial charge in [-0.25, -0.2) is 0 Å². The number of nitrogens with zero attached hydrogens (tertiary/aromatic N) is 2. The van der Waals surface area contributed by atoms with Crippen LogP contribution in [0.3, 0.4) is 0 Å². The van der Waals surface area contributed by atoms with E-state index in [1.165, 1.54) is 0 Å². The minimum Gasteiger partial charge on any atom is -0.372 e. The van der Waals surface area contributed by atoms with Crippen molar-refractivity contribution in [2.45, 2.75) is 45.8 Å². The van der Waals surface area contributed by atoms with E-state index in [0.29, 0.717) is 19.5 Å². The van der Waals surface area contributed by atoms with Crippen molar-refractivity contribution in [2.24, 2.45) is 5.92 Å². The van der Waals surface area contributed by atoms with Crippen molar-refractivity contribution in [3.63, 3.8) is 0 Å². The van der Waals surface area contributed by atoms with Gasteiger partial charge in [-0.1, -0.05) is 13.3 Å². The molecule has 0 aromatic carbocycles. The number of carbonyl (C=O) groups is 1. The lowest BCUT2D eigenvalue weighted by Crippen LogP contribution is -2.49. The lowest BCUT2D eigenvalue weighted by atomic mass is 10.0. The van der Waals surface area contributed by atoms with Crippen molar-refractivity contribution >= 4 is 5.91 Å². The topological polar surface area (TPSA) is 53.3 Å². The van der Waals surface area contributed by atoms with Crippen LogP contribution in [0.5, 0.6) is 0 Å². The molecule has 1 aliphatic rings.